The fourth-order valence-corrected chi connectivity index (χ4v) is 3.75. The second-order valence-electron chi connectivity index (χ2n) is 7.81. The molecule has 3 aromatic rings. The summed E-state index contributed by atoms with van der Waals surface area (Å²) in [6, 6.07) is 18.4. The van der Waals surface area contributed by atoms with E-state index in [2.05, 4.69) is 34.4 Å². The van der Waals surface area contributed by atoms with E-state index < -0.39 is 5.41 Å². The van der Waals surface area contributed by atoms with Gasteiger partial charge in [-0.25, -0.2) is 0 Å². The molecule has 4 rings (SSSR count). The van der Waals surface area contributed by atoms with Crippen LogP contribution in [0.5, 0.6) is 0 Å². The Bertz CT molecular complexity index is 1080. The molecule has 0 saturated carbocycles. The maximum Gasteiger partial charge on any atom is 0.286 e. The van der Waals surface area contributed by atoms with E-state index in [-0.39, 0.29) is 11.4 Å². The van der Waals surface area contributed by atoms with Crippen LogP contribution in [0.1, 0.15) is 25.0 Å². The SMILES string of the molecule is CC(C)(c1ccc(-c2ccccc2)cc1)c1c(N=C2COCCN2CN)o[nH]c1=O. The van der Waals surface area contributed by atoms with E-state index >= 15 is 0 Å². The zero-order valence-corrected chi connectivity index (χ0v) is 17.2. The Balaban J connectivity index is 1.70. The summed E-state index contributed by atoms with van der Waals surface area (Å²) in [6.45, 7) is 5.90. The van der Waals surface area contributed by atoms with Crippen LogP contribution in [0.25, 0.3) is 11.1 Å². The number of nitrogens with two attached hydrogens (primary N) is 1. The molecule has 3 N–H and O–H groups in total. The summed E-state index contributed by atoms with van der Waals surface area (Å²) in [5.41, 5.74) is 8.65. The van der Waals surface area contributed by atoms with Crippen LogP contribution in [0.15, 0.2) is 68.9 Å². The van der Waals surface area contributed by atoms with Gasteiger partial charge in [0.1, 0.15) is 12.4 Å². The molecule has 7 nitrogen and oxygen atoms in total. The largest absolute Gasteiger partial charge is 0.372 e. The van der Waals surface area contributed by atoms with Crippen molar-refractivity contribution in [1.29, 1.82) is 0 Å². The molecule has 2 aromatic carbocycles. The third-order valence-electron chi connectivity index (χ3n) is 5.57. The molecule has 0 amide bonds. The molecule has 7 heteroatoms. The molecule has 0 bridgehead atoms. The third-order valence-corrected chi connectivity index (χ3v) is 5.57. The number of nitrogens with zero attached hydrogens (tertiary/aromatic N) is 2. The van der Waals surface area contributed by atoms with Gasteiger partial charge in [0.05, 0.1) is 18.8 Å². The molecule has 1 aromatic heterocycles. The molecular formula is C23H26N4O3. The number of aromatic amines is 1. The summed E-state index contributed by atoms with van der Waals surface area (Å²) in [6.07, 6.45) is 0. The molecule has 2 heterocycles. The number of benzene rings is 2. The van der Waals surface area contributed by atoms with Crippen LogP contribution in [-0.2, 0) is 10.2 Å². The van der Waals surface area contributed by atoms with Gasteiger partial charge in [-0.15, -0.1) is 0 Å². The Morgan fingerprint density at radius 3 is 2.50 bits per heavy atom. The number of nitrogens with one attached hydrogen (secondary N) is 1. The van der Waals surface area contributed by atoms with Gasteiger partial charge in [-0.2, -0.15) is 10.1 Å². The zero-order valence-electron chi connectivity index (χ0n) is 17.2. The average Bonchev–Trinajstić information content (AvgIpc) is 3.15. The second-order valence-corrected chi connectivity index (χ2v) is 7.81. The van der Waals surface area contributed by atoms with E-state index in [4.69, 9.17) is 15.0 Å². The van der Waals surface area contributed by atoms with Crippen molar-refractivity contribution in [1.82, 2.24) is 10.1 Å². The highest BCUT2D eigenvalue weighted by Crippen LogP contribution is 2.36. The standard InChI is InChI=1S/C23H26N4O3/c1-23(2,18-10-8-17(9-11-18)16-6-4-3-5-7-16)20-21(28)26-30-22(20)25-19-14-29-13-12-27(19)15-24/h3-11H,12-15,24H2,1-2H3,(H,26,28). The van der Waals surface area contributed by atoms with Crippen molar-refractivity contribution >= 4 is 11.7 Å². The molecule has 30 heavy (non-hydrogen) atoms. The number of hydrogen-bond acceptors (Lipinski definition) is 5. The lowest BCUT2D eigenvalue weighted by Crippen LogP contribution is -2.44. The van der Waals surface area contributed by atoms with E-state index in [9.17, 15) is 4.79 Å². The van der Waals surface area contributed by atoms with Crippen LogP contribution in [0, 0.1) is 0 Å². The molecule has 0 unspecified atom stereocenters. The Kier molecular flexibility index (Phi) is 5.57. The quantitative estimate of drug-likeness (QED) is 0.678. The minimum Gasteiger partial charge on any atom is -0.372 e. The Labute approximate surface area is 175 Å². The second kappa shape index (κ2) is 8.30. The summed E-state index contributed by atoms with van der Waals surface area (Å²) in [7, 11) is 0. The van der Waals surface area contributed by atoms with Gasteiger partial charge < -0.3 is 19.9 Å². The zero-order chi connectivity index (χ0) is 21.1. The highest BCUT2D eigenvalue weighted by molar-refractivity contribution is 5.86. The number of morpholine rings is 1. The normalized spacial score (nSPS) is 16.2. The van der Waals surface area contributed by atoms with Gasteiger partial charge in [-0.3, -0.25) is 4.79 Å². The van der Waals surface area contributed by atoms with Crippen molar-refractivity contribution in [2.24, 2.45) is 10.7 Å². The van der Waals surface area contributed by atoms with Crippen molar-refractivity contribution in [2.45, 2.75) is 19.3 Å². The first-order chi connectivity index (χ1) is 14.5. The van der Waals surface area contributed by atoms with Gasteiger partial charge in [0.25, 0.3) is 11.4 Å². The van der Waals surface area contributed by atoms with Gasteiger partial charge in [0.15, 0.2) is 0 Å². The molecule has 0 atom stereocenters. The molecular weight excluding hydrogens is 380 g/mol. The molecule has 0 radical (unpaired) electrons. The van der Waals surface area contributed by atoms with E-state index in [1.165, 1.54) is 0 Å². The lowest BCUT2D eigenvalue weighted by molar-refractivity contribution is 0.117. The Morgan fingerprint density at radius 2 is 1.80 bits per heavy atom. The first-order valence-electron chi connectivity index (χ1n) is 9.99. The monoisotopic (exact) mass is 406 g/mol. The number of aliphatic imine (C=N–C) groups is 1. The van der Waals surface area contributed by atoms with Crippen LogP contribution < -0.4 is 11.3 Å². The van der Waals surface area contributed by atoms with Crippen molar-refractivity contribution in [3.05, 3.63) is 76.1 Å². The molecule has 156 valence electrons. The molecule has 1 fully saturated rings. The highest BCUT2D eigenvalue weighted by Gasteiger charge is 2.33. The van der Waals surface area contributed by atoms with E-state index in [1.54, 1.807) is 0 Å². The summed E-state index contributed by atoms with van der Waals surface area (Å²) in [5, 5.41) is 2.44. The van der Waals surface area contributed by atoms with Crippen LogP contribution in [0.3, 0.4) is 0 Å². The molecule has 1 aliphatic rings. The Morgan fingerprint density at radius 1 is 1.10 bits per heavy atom. The predicted molar refractivity (Wildman–Crippen MR) is 117 cm³/mol. The average molecular weight is 406 g/mol. The molecule has 1 aliphatic heterocycles. The summed E-state index contributed by atoms with van der Waals surface area (Å²) < 4.78 is 10.9. The molecule has 1 saturated heterocycles. The number of rotatable bonds is 5. The number of H-pyrrole nitrogens is 1. The number of hydrogen-bond donors (Lipinski definition) is 2. The van der Waals surface area contributed by atoms with Crippen LogP contribution in [-0.4, -0.2) is 42.3 Å². The van der Waals surface area contributed by atoms with E-state index in [0.29, 0.717) is 37.8 Å². The van der Waals surface area contributed by atoms with Gasteiger partial charge >= 0.3 is 0 Å². The maximum atomic E-state index is 12.7. The topological polar surface area (TPSA) is 96.8 Å². The summed E-state index contributed by atoms with van der Waals surface area (Å²) >= 11 is 0. The van der Waals surface area contributed by atoms with Gasteiger partial charge in [0, 0.05) is 12.0 Å². The van der Waals surface area contributed by atoms with Crippen LogP contribution in [0.4, 0.5) is 5.88 Å². The number of ether oxygens (including phenoxy) is 1. The minimum absolute atomic E-state index is 0.260. The summed E-state index contributed by atoms with van der Waals surface area (Å²) in [4.78, 5) is 19.2. The Hall–Kier alpha value is -3.16. The molecule has 0 aliphatic carbocycles. The van der Waals surface area contributed by atoms with Crippen LogP contribution >= 0.6 is 0 Å². The number of aromatic nitrogens is 1. The first-order valence-corrected chi connectivity index (χ1v) is 9.99. The van der Waals surface area contributed by atoms with E-state index in [1.807, 2.05) is 49.1 Å². The van der Waals surface area contributed by atoms with Gasteiger partial charge in [-0.1, -0.05) is 68.4 Å². The fraction of sp³-hybridized carbons (Fsp3) is 0.304. The van der Waals surface area contributed by atoms with Crippen molar-refractivity contribution in [3.63, 3.8) is 0 Å². The van der Waals surface area contributed by atoms with Gasteiger partial charge in [-0.05, 0) is 16.7 Å². The maximum absolute atomic E-state index is 12.7. The smallest absolute Gasteiger partial charge is 0.286 e. The lowest BCUT2D eigenvalue weighted by atomic mass is 9.78. The lowest BCUT2D eigenvalue weighted by Gasteiger charge is -2.29. The van der Waals surface area contributed by atoms with Gasteiger partial charge in [0.2, 0.25) is 0 Å². The highest BCUT2D eigenvalue weighted by atomic mass is 16.5. The predicted octanol–water partition coefficient (Wildman–Crippen LogP) is 3.24. The fourth-order valence-electron chi connectivity index (χ4n) is 3.75. The minimum atomic E-state index is -0.613. The van der Waals surface area contributed by atoms with Crippen molar-refractivity contribution < 1.29 is 9.26 Å². The van der Waals surface area contributed by atoms with E-state index in [0.717, 1.165) is 16.7 Å². The molecule has 0 spiro atoms. The first kappa shape index (κ1) is 20.1. The third kappa shape index (κ3) is 3.81. The van der Waals surface area contributed by atoms with Crippen molar-refractivity contribution in [3.8, 4) is 11.1 Å². The van der Waals surface area contributed by atoms with Crippen molar-refractivity contribution in [2.75, 3.05) is 26.4 Å². The van der Waals surface area contributed by atoms with Crippen LogP contribution in [0.2, 0.25) is 0 Å². The number of amidine groups is 1. The summed E-state index contributed by atoms with van der Waals surface area (Å²) in [5.74, 6) is 0.916.